The highest BCUT2D eigenvalue weighted by Gasteiger charge is 2.60. The maximum absolute atomic E-state index is 13.4. The third kappa shape index (κ3) is 3.89. The number of para-hydroxylation sites is 1. The lowest BCUT2D eigenvalue weighted by atomic mass is 9.47. The highest BCUT2D eigenvalue weighted by Crippen LogP contribution is 2.61. The summed E-state index contributed by atoms with van der Waals surface area (Å²) in [7, 11) is 0. The molecule has 162 valence electrons. The van der Waals surface area contributed by atoms with Crippen LogP contribution in [0.15, 0.2) is 24.3 Å². The van der Waals surface area contributed by atoms with Crippen molar-refractivity contribution in [3.63, 3.8) is 0 Å². The van der Waals surface area contributed by atoms with E-state index in [1.54, 1.807) is 45.0 Å². The second-order valence-corrected chi connectivity index (χ2v) is 10.7. The fraction of sp³-hybridized carbons (Fsp3) is 0.625. The first-order chi connectivity index (χ1) is 14.0. The van der Waals surface area contributed by atoms with Crippen molar-refractivity contribution in [1.82, 2.24) is 0 Å². The second-order valence-electron chi connectivity index (χ2n) is 10.7. The number of ketones is 1. The third-order valence-electron chi connectivity index (χ3n) is 7.08. The molecule has 0 aromatic heterocycles. The molecule has 0 aliphatic heterocycles. The number of hydrogen-bond donors (Lipinski definition) is 2. The number of esters is 1. The molecule has 0 radical (unpaired) electrons. The van der Waals surface area contributed by atoms with E-state index in [4.69, 9.17) is 4.74 Å². The summed E-state index contributed by atoms with van der Waals surface area (Å²) in [6.45, 7) is 5.02. The lowest BCUT2D eigenvalue weighted by Crippen LogP contribution is -2.59. The van der Waals surface area contributed by atoms with Crippen molar-refractivity contribution in [3.05, 3.63) is 29.8 Å². The van der Waals surface area contributed by atoms with Gasteiger partial charge in [0.25, 0.3) is 0 Å². The Morgan fingerprint density at radius 1 is 1.10 bits per heavy atom. The molecule has 0 saturated heterocycles. The van der Waals surface area contributed by atoms with Gasteiger partial charge in [-0.15, -0.1) is 0 Å². The van der Waals surface area contributed by atoms with E-state index in [1.165, 1.54) is 0 Å². The number of benzene rings is 1. The molecule has 5 rings (SSSR count). The van der Waals surface area contributed by atoms with Crippen molar-refractivity contribution in [3.8, 4) is 0 Å². The van der Waals surface area contributed by atoms with Crippen LogP contribution in [-0.4, -0.2) is 35.0 Å². The number of Topliss-reactive ketones (excluding diaryl/α,β-unsaturated/α-hetero) is 1. The van der Waals surface area contributed by atoms with Crippen LogP contribution in [0.5, 0.6) is 0 Å². The molecule has 4 fully saturated rings. The minimum absolute atomic E-state index is 0.124. The van der Waals surface area contributed by atoms with Gasteiger partial charge in [-0.3, -0.25) is 9.59 Å². The Hall–Kier alpha value is -2.21. The number of ether oxygens (including phenoxy) is 1. The van der Waals surface area contributed by atoms with Crippen LogP contribution in [0.4, 0.5) is 5.69 Å². The van der Waals surface area contributed by atoms with Gasteiger partial charge in [-0.25, -0.2) is 4.79 Å². The molecule has 4 saturated carbocycles. The Balaban J connectivity index is 1.49. The van der Waals surface area contributed by atoms with Crippen LogP contribution in [0.25, 0.3) is 0 Å². The number of amides is 1. The SMILES string of the molecule is CC(C)(C)C(=O)COC(=O)c1ccccc1NC(=O)C12C[C@H]3C[C@@H](CC(O)(C3)C1)C2. The van der Waals surface area contributed by atoms with Crippen LogP contribution in [0.3, 0.4) is 0 Å². The zero-order valence-corrected chi connectivity index (χ0v) is 18.0. The smallest absolute Gasteiger partial charge is 0.340 e. The average Bonchev–Trinajstić information content (AvgIpc) is 2.63. The summed E-state index contributed by atoms with van der Waals surface area (Å²) < 4.78 is 5.22. The van der Waals surface area contributed by atoms with Gasteiger partial charge < -0.3 is 15.2 Å². The number of carbonyl (C=O) groups is 3. The Kier molecular flexibility index (Phi) is 5.04. The number of aliphatic hydroxyl groups is 1. The Labute approximate surface area is 177 Å². The molecule has 1 amide bonds. The minimum Gasteiger partial charge on any atom is -0.454 e. The average molecular weight is 414 g/mol. The molecule has 0 spiro atoms. The van der Waals surface area contributed by atoms with Gasteiger partial charge >= 0.3 is 5.97 Å². The third-order valence-corrected chi connectivity index (χ3v) is 7.08. The van der Waals surface area contributed by atoms with Crippen molar-refractivity contribution in [2.75, 3.05) is 11.9 Å². The van der Waals surface area contributed by atoms with E-state index in [0.29, 0.717) is 23.9 Å². The van der Waals surface area contributed by atoms with Gasteiger partial charge in [-0.2, -0.15) is 0 Å². The van der Waals surface area contributed by atoms with Crippen molar-refractivity contribution in [2.45, 2.75) is 64.9 Å². The number of hydrogen-bond acceptors (Lipinski definition) is 5. The molecule has 0 unspecified atom stereocenters. The van der Waals surface area contributed by atoms with Gasteiger partial charge in [0.05, 0.1) is 22.3 Å². The van der Waals surface area contributed by atoms with E-state index in [1.807, 2.05) is 0 Å². The number of nitrogens with one attached hydrogen (secondary N) is 1. The first-order valence-electron chi connectivity index (χ1n) is 10.8. The molecule has 2 N–H and O–H groups in total. The molecule has 4 bridgehead atoms. The van der Waals surface area contributed by atoms with Crippen LogP contribution in [0, 0.1) is 22.7 Å². The predicted molar refractivity (Wildman–Crippen MR) is 112 cm³/mol. The zero-order valence-electron chi connectivity index (χ0n) is 18.0. The normalized spacial score (nSPS) is 32.0. The van der Waals surface area contributed by atoms with Crippen LogP contribution in [0.1, 0.15) is 69.7 Å². The van der Waals surface area contributed by atoms with Gasteiger partial charge in [-0.1, -0.05) is 32.9 Å². The summed E-state index contributed by atoms with van der Waals surface area (Å²) in [6, 6.07) is 6.72. The molecule has 6 heteroatoms. The van der Waals surface area contributed by atoms with Crippen LogP contribution in [-0.2, 0) is 14.3 Å². The van der Waals surface area contributed by atoms with E-state index < -0.39 is 22.4 Å². The van der Waals surface area contributed by atoms with Gasteiger partial charge in [0.2, 0.25) is 5.91 Å². The van der Waals surface area contributed by atoms with Crippen molar-refractivity contribution >= 4 is 23.3 Å². The van der Waals surface area contributed by atoms with E-state index in [-0.39, 0.29) is 23.9 Å². The second kappa shape index (κ2) is 7.19. The molecular weight excluding hydrogens is 382 g/mol. The largest absolute Gasteiger partial charge is 0.454 e. The minimum atomic E-state index is -0.729. The molecule has 6 nitrogen and oxygen atoms in total. The van der Waals surface area contributed by atoms with Gasteiger partial charge in [0, 0.05) is 5.41 Å². The van der Waals surface area contributed by atoms with Gasteiger partial charge in [0.1, 0.15) is 0 Å². The Bertz CT molecular complexity index is 870. The van der Waals surface area contributed by atoms with Crippen molar-refractivity contribution < 1.29 is 24.2 Å². The molecule has 4 aliphatic carbocycles. The summed E-state index contributed by atoms with van der Waals surface area (Å²) in [5.41, 5.74) is -1.27. The van der Waals surface area contributed by atoms with Gasteiger partial charge in [0.15, 0.2) is 12.4 Å². The Morgan fingerprint density at radius 3 is 2.33 bits per heavy atom. The predicted octanol–water partition coefficient (Wildman–Crippen LogP) is 3.73. The summed E-state index contributed by atoms with van der Waals surface area (Å²) in [5, 5.41) is 13.9. The lowest BCUT2D eigenvalue weighted by molar-refractivity contribution is -0.174. The maximum Gasteiger partial charge on any atom is 0.340 e. The van der Waals surface area contributed by atoms with Crippen molar-refractivity contribution in [1.29, 1.82) is 0 Å². The number of rotatable bonds is 5. The van der Waals surface area contributed by atoms with Crippen LogP contribution >= 0.6 is 0 Å². The quantitative estimate of drug-likeness (QED) is 0.718. The van der Waals surface area contributed by atoms with E-state index >= 15 is 0 Å². The zero-order chi connectivity index (χ0) is 21.7. The van der Waals surface area contributed by atoms with Crippen molar-refractivity contribution in [2.24, 2.45) is 22.7 Å². The molecule has 1 aromatic rings. The number of anilines is 1. The molecule has 30 heavy (non-hydrogen) atoms. The molecule has 4 aliphatic rings. The summed E-state index contributed by atoms with van der Waals surface area (Å²) in [6.07, 6.45) is 4.77. The first kappa shape index (κ1) is 21.0. The highest BCUT2D eigenvalue weighted by molar-refractivity contribution is 6.03. The summed E-state index contributed by atoms with van der Waals surface area (Å²) >= 11 is 0. The van der Waals surface area contributed by atoms with E-state index in [9.17, 15) is 19.5 Å². The molecule has 1 aromatic carbocycles. The number of carbonyl (C=O) groups excluding carboxylic acids is 3. The molecular formula is C24H31NO5. The fourth-order valence-electron chi connectivity index (χ4n) is 5.93. The lowest BCUT2D eigenvalue weighted by Gasteiger charge is -2.59. The fourth-order valence-corrected chi connectivity index (χ4v) is 5.93. The van der Waals surface area contributed by atoms with Crippen LogP contribution in [0.2, 0.25) is 0 Å². The maximum atomic E-state index is 13.4. The summed E-state index contributed by atoms with van der Waals surface area (Å²) in [5.74, 6) is -0.135. The summed E-state index contributed by atoms with van der Waals surface area (Å²) in [4.78, 5) is 38.0. The van der Waals surface area contributed by atoms with Gasteiger partial charge in [-0.05, 0) is 62.5 Å². The van der Waals surface area contributed by atoms with E-state index in [0.717, 1.165) is 32.1 Å². The molecule has 2 atom stereocenters. The van der Waals surface area contributed by atoms with E-state index in [2.05, 4.69) is 5.32 Å². The van der Waals surface area contributed by atoms with Crippen LogP contribution < -0.4 is 5.32 Å². The highest BCUT2D eigenvalue weighted by atomic mass is 16.5. The monoisotopic (exact) mass is 413 g/mol. The molecule has 0 heterocycles. The first-order valence-corrected chi connectivity index (χ1v) is 10.8. The topological polar surface area (TPSA) is 92.7 Å². The Morgan fingerprint density at radius 2 is 1.73 bits per heavy atom. The standard InChI is InChI=1S/C24H31NO5/c1-22(2,3)19(26)13-30-20(27)17-6-4-5-7-18(17)25-21(28)23-9-15-8-16(10-23)12-24(29,11-15)14-23/h4-7,15-16,29H,8-14H2,1-3H3,(H,25,28)/t15-,16-,23?,24?/m1/s1.